The normalized spacial score (nSPS) is 18.3. The summed E-state index contributed by atoms with van der Waals surface area (Å²) in [7, 11) is 0. The second-order valence-electron chi connectivity index (χ2n) is 5.55. The van der Waals surface area contributed by atoms with E-state index in [1.165, 1.54) is 12.4 Å². The quantitative estimate of drug-likeness (QED) is 0.673. The van der Waals surface area contributed by atoms with Crippen molar-refractivity contribution in [3.05, 3.63) is 75.7 Å². The molecule has 0 amide bonds. The third kappa shape index (κ3) is 1.73. The minimum Gasteiger partial charge on any atom is -0.396 e. The van der Waals surface area contributed by atoms with Gasteiger partial charge in [-0.3, -0.25) is 0 Å². The monoisotopic (exact) mass is 360 g/mol. The first kappa shape index (κ1) is 13.7. The van der Waals surface area contributed by atoms with Crippen LogP contribution >= 0.6 is 15.9 Å². The van der Waals surface area contributed by atoms with E-state index >= 15 is 0 Å². The number of allylic oxidation sites excluding steroid dienone is 2. The first-order chi connectivity index (χ1) is 10.5. The largest absolute Gasteiger partial charge is 0.737 e. The second kappa shape index (κ2) is 4.52. The number of benzene rings is 1. The van der Waals surface area contributed by atoms with E-state index in [0.717, 1.165) is 30.1 Å². The summed E-state index contributed by atoms with van der Waals surface area (Å²) >= 11 is 3.55. The molecule has 0 atom stereocenters. The average molecular weight is 361 g/mol. The summed E-state index contributed by atoms with van der Waals surface area (Å²) in [6.45, 7) is -1.84. The van der Waals surface area contributed by atoms with Crippen LogP contribution < -0.4 is 0 Å². The van der Waals surface area contributed by atoms with Gasteiger partial charge in [0.2, 0.25) is 0 Å². The highest BCUT2D eigenvalue weighted by atomic mass is 79.9. The summed E-state index contributed by atoms with van der Waals surface area (Å²) in [5.41, 5.74) is 3.92. The van der Waals surface area contributed by atoms with Crippen LogP contribution in [0.4, 0.5) is 8.63 Å². The van der Waals surface area contributed by atoms with Gasteiger partial charge in [-0.2, -0.15) is 0 Å². The molecule has 3 heterocycles. The summed E-state index contributed by atoms with van der Waals surface area (Å²) in [6.07, 6.45) is 6.31. The van der Waals surface area contributed by atoms with Gasteiger partial charge in [-0.25, -0.2) is 0 Å². The summed E-state index contributed by atoms with van der Waals surface area (Å²) in [5.74, 6) is 0. The Bertz CT molecular complexity index is 893. The third-order valence-corrected chi connectivity index (χ3v) is 4.82. The molecular formula is C16H12BBrF2N2. The smallest absolute Gasteiger partial charge is 0.396 e. The zero-order chi connectivity index (χ0) is 15.5. The van der Waals surface area contributed by atoms with Gasteiger partial charge in [0.05, 0.1) is 5.57 Å². The second-order valence-corrected chi connectivity index (χ2v) is 6.40. The van der Waals surface area contributed by atoms with Crippen molar-refractivity contribution in [3.8, 4) is 0 Å². The van der Waals surface area contributed by atoms with Crippen LogP contribution in [0.25, 0.3) is 5.57 Å². The Kier molecular flexibility index (Phi) is 2.82. The van der Waals surface area contributed by atoms with Crippen molar-refractivity contribution in [2.75, 3.05) is 0 Å². The Morgan fingerprint density at radius 2 is 2.05 bits per heavy atom. The van der Waals surface area contributed by atoms with Crippen LogP contribution in [-0.4, -0.2) is 22.1 Å². The Morgan fingerprint density at radius 1 is 1.23 bits per heavy atom. The lowest BCUT2D eigenvalue weighted by Crippen LogP contribution is -2.49. The van der Waals surface area contributed by atoms with E-state index in [1.807, 2.05) is 25.1 Å². The van der Waals surface area contributed by atoms with Crippen LogP contribution in [-0.2, 0) is 0 Å². The molecule has 0 saturated heterocycles. The minimum absolute atomic E-state index is 0.544. The molecule has 0 saturated carbocycles. The maximum Gasteiger partial charge on any atom is 0.737 e. The van der Waals surface area contributed by atoms with Crippen molar-refractivity contribution >= 4 is 34.7 Å². The van der Waals surface area contributed by atoms with E-state index in [0.29, 0.717) is 11.4 Å². The molecule has 2 aliphatic rings. The molecule has 2 nitrogen and oxygen atoms in total. The summed E-state index contributed by atoms with van der Waals surface area (Å²) in [4.78, 5) is 0. The molecule has 0 aliphatic carbocycles. The summed E-state index contributed by atoms with van der Waals surface area (Å²) in [6, 6.07) is 9.38. The molecule has 0 unspecified atom stereocenters. The predicted octanol–water partition coefficient (Wildman–Crippen LogP) is 4.21. The number of aromatic nitrogens is 1. The number of fused-ring (bicyclic) bond motifs is 2. The number of aryl methyl sites for hydroxylation is 1. The molecule has 110 valence electrons. The van der Waals surface area contributed by atoms with Crippen LogP contribution in [0.15, 0.2) is 58.9 Å². The van der Waals surface area contributed by atoms with E-state index in [2.05, 4.69) is 15.9 Å². The van der Waals surface area contributed by atoms with Crippen molar-refractivity contribution in [1.82, 2.24) is 4.48 Å². The lowest BCUT2D eigenvalue weighted by molar-refractivity contribution is -0.356. The third-order valence-electron chi connectivity index (χ3n) is 4.13. The van der Waals surface area contributed by atoms with Gasteiger partial charge in [-0.1, -0.05) is 27.6 Å². The van der Waals surface area contributed by atoms with Crippen molar-refractivity contribution in [3.63, 3.8) is 0 Å². The van der Waals surface area contributed by atoms with Crippen LogP contribution in [0.2, 0.25) is 0 Å². The Labute approximate surface area is 135 Å². The van der Waals surface area contributed by atoms with Gasteiger partial charge in [0.25, 0.3) is 0 Å². The van der Waals surface area contributed by atoms with E-state index in [1.54, 1.807) is 24.3 Å². The molecule has 2 aromatic rings. The zero-order valence-corrected chi connectivity index (χ0v) is 13.4. The van der Waals surface area contributed by atoms with Crippen molar-refractivity contribution in [2.24, 2.45) is 0 Å². The topological polar surface area (TPSA) is 7.94 Å². The molecule has 22 heavy (non-hydrogen) atoms. The number of hydrogen-bond acceptors (Lipinski definition) is 0. The molecule has 6 heteroatoms. The van der Waals surface area contributed by atoms with E-state index < -0.39 is 6.97 Å². The highest BCUT2D eigenvalue weighted by molar-refractivity contribution is 9.10. The van der Waals surface area contributed by atoms with Crippen molar-refractivity contribution in [2.45, 2.75) is 6.92 Å². The SMILES string of the molecule is Cc1ccc(Br)c(C2=C3C=CC=[N+]3[B-](F)(F)n3cccc32)c1. The number of halogens is 3. The molecular weight excluding hydrogens is 349 g/mol. The van der Waals surface area contributed by atoms with Gasteiger partial charge in [0.1, 0.15) is 6.21 Å². The molecule has 0 bridgehead atoms. The molecule has 2 aliphatic heterocycles. The van der Waals surface area contributed by atoms with E-state index in [9.17, 15) is 8.63 Å². The molecule has 0 radical (unpaired) electrons. The van der Waals surface area contributed by atoms with Crippen LogP contribution in [0, 0.1) is 6.92 Å². The molecule has 0 fully saturated rings. The Hall–Kier alpha value is -1.95. The number of hydrogen-bond donors (Lipinski definition) is 0. The summed E-state index contributed by atoms with van der Waals surface area (Å²) < 4.78 is 32.4. The standard InChI is InChI=1S/C16H12BBrF2N2/c1-11-6-7-13(18)12(10-11)16-14-4-2-8-21(14)17(19,20)22-9-3-5-15(16)22/h2-10H,1H3. The predicted molar refractivity (Wildman–Crippen MR) is 88.2 cm³/mol. The molecule has 0 N–H and O–H groups in total. The van der Waals surface area contributed by atoms with Gasteiger partial charge < -0.3 is 17.6 Å². The fourth-order valence-corrected chi connectivity index (χ4v) is 3.57. The summed E-state index contributed by atoms with van der Waals surface area (Å²) in [5, 5.41) is 0. The van der Waals surface area contributed by atoms with E-state index in [-0.39, 0.29) is 0 Å². The highest BCUT2D eigenvalue weighted by Gasteiger charge is 2.51. The fraction of sp³-hybridized carbons (Fsp3) is 0.0625. The van der Waals surface area contributed by atoms with Gasteiger partial charge >= 0.3 is 6.97 Å². The van der Waals surface area contributed by atoms with Crippen LogP contribution in [0.1, 0.15) is 16.8 Å². The molecule has 4 rings (SSSR count). The first-order valence-electron chi connectivity index (χ1n) is 7.00. The fourth-order valence-electron chi connectivity index (χ4n) is 3.13. The van der Waals surface area contributed by atoms with Gasteiger partial charge in [-0.15, -0.1) is 0 Å². The average Bonchev–Trinajstić information content (AvgIpc) is 3.12. The van der Waals surface area contributed by atoms with Crippen molar-refractivity contribution in [1.29, 1.82) is 0 Å². The minimum atomic E-state index is -3.84. The Morgan fingerprint density at radius 3 is 2.86 bits per heavy atom. The Balaban J connectivity index is 2.09. The zero-order valence-electron chi connectivity index (χ0n) is 11.8. The van der Waals surface area contributed by atoms with Gasteiger partial charge in [0, 0.05) is 27.9 Å². The van der Waals surface area contributed by atoms with E-state index in [4.69, 9.17) is 0 Å². The van der Waals surface area contributed by atoms with Crippen LogP contribution in [0.3, 0.4) is 0 Å². The van der Waals surface area contributed by atoms with Crippen LogP contribution in [0.5, 0.6) is 0 Å². The maximum absolute atomic E-state index is 14.7. The molecule has 0 spiro atoms. The first-order valence-corrected chi connectivity index (χ1v) is 7.80. The van der Waals surface area contributed by atoms with Gasteiger partial charge in [0.15, 0.2) is 5.70 Å². The highest BCUT2D eigenvalue weighted by Crippen LogP contribution is 2.40. The number of rotatable bonds is 1. The number of nitrogens with zero attached hydrogens (tertiary/aromatic N) is 2. The lowest BCUT2D eigenvalue weighted by Gasteiger charge is -2.31. The van der Waals surface area contributed by atoms with Gasteiger partial charge in [-0.05, 0) is 37.4 Å². The lowest BCUT2D eigenvalue weighted by atomic mass is 9.86. The molecule has 1 aromatic carbocycles. The maximum atomic E-state index is 14.7. The molecule has 1 aromatic heterocycles. The van der Waals surface area contributed by atoms with Crippen molar-refractivity contribution < 1.29 is 13.1 Å².